The molecule has 14 heavy (non-hydrogen) atoms. The molecule has 0 fully saturated rings. The van der Waals surface area contributed by atoms with E-state index in [1.807, 2.05) is 0 Å². The van der Waals surface area contributed by atoms with E-state index in [-0.39, 0.29) is 13.2 Å². The largest absolute Gasteiger partial charge is 0.396 e. The molecular weight excluding hydrogens is 176 g/mol. The quantitative estimate of drug-likeness (QED) is 0.596. The van der Waals surface area contributed by atoms with Gasteiger partial charge in [0.2, 0.25) is 0 Å². The van der Waals surface area contributed by atoms with Crippen molar-refractivity contribution in [3.05, 3.63) is 0 Å². The molecule has 0 aliphatic carbocycles. The predicted molar refractivity (Wildman–Crippen MR) is 62.5 cm³/mol. The summed E-state index contributed by atoms with van der Waals surface area (Å²) >= 11 is 0. The number of aliphatic hydroxyl groups excluding tert-OH is 2. The van der Waals surface area contributed by atoms with E-state index in [9.17, 15) is 0 Å². The van der Waals surface area contributed by atoms with E-state index in [4.69, 9.17) is 10.2 Å². The lowest BCUT2D eigenvalue weighted by molar-refractivity contribution is 0.265. The molecular formula is C12H28O2. The lowest BCUT2D eigenvalue weighted by Gasteiger charge is -1.93. The molecule has 0 aromatic carbocycles. The van der Waals surface area contributed by atoms with Gasteiger partial charge in [0.1, 0.15) is 0 Å². The Bertz CT molecular complexity index is 64.7. The molecule has 0 aromatic rings. The molecule has 0 amide bonds. The van der Waals surface area contributed by atoms with Crippen LogP contribution in [0.4, 0.5) is 0 Å². The topological polar surface area (TPSA) is 40.5 Å². The summed E-state index contributed by atoms with van der Waals surface area (Å²) in [6.45, 7) is 5.03. The molecule has 0 unspecified atom stereocenters. The maximum atomic E-state index is 8.30. The maximum Gasteiger partial charge on any atom is 0.0431 e. The van der Waals surface area contributed by atoms with Crippen LogP contribution in [0, 0.1) is 0 Å². The van der Waals surface area contributed by atoms with Gasteiger partial charge in [-0.25, -0.2) is 0 Å². The van der Waals surface area contributed by atoms with Crippen LogP contribution in [0.1, 0.15) is 65.2 Å². The summed E-state index contributed by atoms with van der Waals surface area (Å²) in [5, 5.41) is 16.6. The summed E-state index contributed by atoms with van der Waals surface area (Å²) in [4.78, 5) is 0. The van der Waals surface area contributed by atoms with Crippen LogP contribution in [0.15, 0.2) is 0 Å². The average Bonchev–Trinajstić information content (AvgIpc) is 2.22. The lowest BCUT2D eigenvalue weighted by Crippen LogP contribution is -1.85. The second-order valence-corrected chi connectivity index (χ2v) is 3.57. The molecule has 0 saturated carbocycles. The smallest absolute Gasteiger partial charge is 0.0431 e. The molecule has 2 heteroatoms. The van der Waals surface area contributed by atoms with Gasteiger partial charge in [0, 0.05) is 13.2 Å². The number of hydrogen-bond donors (Lipinski definition) is 2. The molecule has 0 bridgehead atoms. The van der Waals surface area contributed by atoms with Gasteiger partial charge in [-0.1, -0.05) is 52.4 Å². The zero-order valence-corrected chi connectivity index (χ0v) is 9.97. The maximum absolute atomic E-state index is 8.30. The minimum Gasteiger partial charge on any atom is -0.396 e. The molecule has 0 aliphatic heterocycles. The fourth-order valence-electron chi connectivity index (χ4n) is 1.08. The number of unbranched alkanes of at least 4 members (excludes halogenated alkanes) is 6. The Morgan fingerprint density at radius 2 is 0.929 bits per heavy atom. The van der Waals surface area contributed by atoms with E-state index >= 15 is 0 Å². The number of aliphatic hydroxyl groups is 2. The van der Waals surface area contributed by atoms with E-state index < -0.39 is 0 Å². The standard InChI is InChI=1S/C6H14O2.C6H14/c7-5-3-1-2-4-6-8;1-3-5-6-4-2/h7-8H,1-6H2;3-6H2,1-2H3. The van der Waals surface area contributed by atoms with Crippen LogP contribution in [-0.2, 0) is 0 Å². The van der Waals surface area contributed by atoms with Crippen LogP contribution in [0.25, 0.3) is 0 Å². The molecule has 0 rings (SSSR count). The second-order valence-electron chi connectivity index (χ2n) is 3.57. The van der Waals surface area contributed by atoms with Gasteiger partial charge in [0.15, 0.2) is 0 Å². The fraction of sp³-hybridized carbons (Fsp3) is 1.00. The Morgan fingerprint density at radius 3 is 1.14 bits per heavy atom. The fourth-order valence-corrected chi connectivity index (χ4v) is 1.08. The van der Waals surface area contributed by atoms with Crippen molar-refractivity contribution in [1.82, 2.24) is 0 Å². The third-order valence-corrected chi connectivity index (χ3v) is 2.02. The van der Waals surface area contributed by atoms with Crippen molar-refractivity contribution < 1.29 is 10.2 Å². The number of rotatable bonds is 8. The SMILES string of the molecule is CCCCCC.OCCCCCCO. The van der Waals surface area contributed by atoms with Crippen molar-refractivity contribution in [2.24, 2.45) is 0 Å². The minimum absolute atomic E-state index is 0.283. The summed E-state index contributed by atoms with van der Waals surface area (Å²) < 4.78 is 0. The third-order valence-electron chi connectivity index (χ3n) is 2.02. The Hall–Kier alpha value is -0.0800. The highest BCUT2D eigenvalue weighted by molar-refractivity contribution is 4.39. The van der Waals surface area contributed by atoms with Crippen molar-refractivity contribution in [1.29, 1.82) is 0 Å². The van der Waals surface area contributed by atoms with Gasteiger partial charge in [-0.15, -0.1) is 0 Å². The highest BCUT2D eigenvalue weighted by Gasteiger charge is 1.84. The molecule has 2 N–H and O–H groups in total. The first-order chi connectivity index (χ1) is 6.83. The summed E-state index contributed by atoms with van der Waals surface area (Å²) in [7, 11) is 0. The Kier molecular flexibility index (Phi) is 21.8. The summed E-state index contributed by atoms with van der Waals surface area (Å²) in [6, 6.07) is 0. The van der Waals surface area contributed by atoms with E-state index in [0.29, 0.717) is 0 Å². The van der Waals surface area contributed by atoms with Crippen LogP contribution in [-0.4, -0.2) is 23.4 Å². The van der Waals surface area contributed by atoms with Crippen LogP contribution < -0.4 is 0 Å². The highest BCUT2D eigenvalue weighted by Crippen LogP contribution is 1.96. The number of hydrogen-bond acceptors (Lipinski definition) is 2. The van der Waals surface area contributed by atoms with Gasteiger partial charge in [-0.2, -0.15) is 0 Å². The third kappa shape index (κ3) is 22.7. The first-order valence-electron chi connectivity index (χ1n) is 6.05. The van der Waals surface area contributed by atoms with Crippen molar-refractivity contribution >= 4 is 0 Å². The molecule has 0 radical (unpaired) electrons. The molecule has 0 atom stereocenters. The van der Waals surface area contributed by atoms with Crippen molar-refractivity contribution in [3.63, 3.8) is 0 Å². The van der Waals surface area contributed by atoms with Gasteiger partial charge in [0.25, 0.3) is 0 Å². The first-order valence-corrected chi connectivity index (χ1v) is 6.05. The zero-order valence-electron chi connectivity index (χ0n) is 9.97. The zero-order chi connectivity index (χ0) is 11.1. The van der Waals surface area contributed by atoms with Crippen LogP contribution in [0.2, 0.25) is 0 Å². The predicted octanol–water partition coefficient (Wildman–Crippen LogP) is 3.12. The molecule has 0 heterocycles. The van der Waals surface area contributed by atoms with E-state index in [1.54, 1.807) is 0 Å². The molecule has 0 saturated heterocycles. The minimum atomic E-state index is 0.283. The normalized spacial score (nSPS) is 9.43. The molecule has 0 spiro atoms. The second kappa shape index (κ2) is 18.7. The van der Waals surface area contributed by atoms with Crippen molar-refractivity contribution in [2.75, 3.05) is 13.2 Å². The lowest BCUT2D eigenvalue weighted by atomic mass is 10.2. The van der Waals surface area contributed by atoms with Gasteiger partial charge >= 0.3 is 0 Å². The average molecular weight is 204 g/mol. The molecule has 2 nitrogen and oxygen atoms in total. The van der Waals surface area contributed by atoms with Gasteiger partial charge in [0.05, 0.1) is 0 Å². The monoisotopic (exact) mass is 204 g/mol. The first kappa shape index (κ1) is 16.4. The summed E-state index contributed by atoms with van der Waals surface area (Å²) in [5.74, 6) is 0. The summed E-state index contributed by atoms with van der Waals surface area (Å²) in [5.41, 5.74) is 0. The highest BCUT2D eigenvalue weighted by atomic mass is 16.3. The van der Waals surface area contributed by atoms with Gasteiger partial charge in [-0.05, 0) is 12.8 Å². The molecule has 0 aliphatic rings. The Balaban J connectivity index is 0. The van der Waals surface area contributed by atoms with E-state index in [0.717, 1.165) is 25.7 Å². The van der Waals surface area contributed by atoms with Crippen LogP contribution >= 0.6 is 0 Å². The van der Waals surface area contributed by atoms with Gasteiger partial charge < -0.3 is 10.2 Å². The molecule has 0 aromatic heterocycles. The Labute approximate surface area is 89.3 Å². The summed E-state index contributed by atoms with van der Waals surface area (Å²) in [6.07, 6.45) is 9.36. The van der Waals surface area contributed by atoms with Crippen LogP contribution in [0.5, 0.6) is 0 Å². The van der Waals surface area contributed by atoms with E-state index in [2.05, 4.69) is 13.8 Å². The Morgan fingerprint density at radius 1 is 0.571 bits per heavy atom. The van der Waals surface area contributed by atoms with Crippen molar-refractivity contribution in [3.8, 4) is 0 Å². The van der Waals surface area contributed by atoms with Crippen LogP contribution in [0.3, 0.4) is 0 Å². The molecule has 88 valence electrons. The van der Waals surface area contributed by atoms with E-state index in [1.165, 1.54) is 25.7 Å². The van der Waals surface area contributed by atoms with Gasteiger partial charge in [-0.3, -0.25) is 0 Å². The van der Waals surface area contributed by atoms with Crippen molar-refractivity contribution in [2.45, 2.75) is 65.2 Å².